The summed E-state index contributed by atoms with van der Waals surface area (Å²) in [7, 11) is 5.10. The van der Waals surface area contributed by atoms with Gasteiger partial charge in [0.2, 0.25) is 0 Å². The molecule has 7 heteroatoms. The lowest BCUT2D eigenvalue weighted by atomic mass is 10.1. The third-order valence-electron chi connectivity index (χ3n) is 2.99. The van der Waals surface area contributed by atoms with E-state index >= 15 is 0 Å². The molecule has 0 saturated carbocycles. The maximum atomic E-state index is 12.2. The molecule has 0 spiro atoms. The highest BCUT2D eigenvalue weighted by atomic mass is 127. The molecule has 106 valence electrons. The van der Waals surface area contributed by atoms with E-state index in [4.69, 9.17) is 17.0 Å². The van der Waals surface area contributed by atoms with Gasteiger partial charge in [-0.1, -0.05) is 0 Å². The molecule has 0 aromatic heterocycles. The summed E-state index contributed by atoms with van der Waals surface area (Å²) < 4.78 is 7.53. The first-order chi connectivity index (χ1) is 9.36. The van der Waals surface area contributed by atoms with Gasteiger partial charge in [-0.15, -0.1) is 0 Å². The number of thiocarbonyl (C=S) groups is 1. The maximum absolute atomic E-state index is 12.2. The van der Waals surface area contributed by atoms with Crippen molar-refractivity contribution >= 4 is 74.5 Å². The highest BCUT2D eigenvalue weighted by molar-refractivity contribution is 14.1. The fraction of sp³-hybridized carbons (Fsp3) is 0.231. The average molecular weight is 514 g/mol. The summed E-state index contributed by atoms with van der Waals surface area (Å²) in [6.07, 6.45) is 1.82. The SMILES string of the molecule is COc1c(I)cc(I)cc1/C=C1/C(=O)N(C)C(=S)N1C. The molecule has 1 saturated heterocycles. The molecule has 1 fully saturated rings. The summed E-state index contributed by atoms with van der Waals surface area (Å²) in [6, 6.07) is 4.01. The molecule has 2 rings (SSSR count). The third kappa shape index (κ3) is 2.80. The number of likely N-dealkylation sites (N-methyl/N-ethyl adjacent to an activating group) is 2. The van der Waals surface area contributed by atoms with Crippen LogP contribution < -0.4 is 4.74 Å². The van der Waals surface area contributed by atoms with Crippen molar-refractivity contribution in [3.8, 4) is 5.75 Å². The molecule has 1 amide bonds. The van der Waals surface area contributed by atoms with Crippen molar-refractivity contribution in [3.63, 3.8) is 0 Å². The molecule has 0 radical (unpaired) electrons. The minimum absolute atomic E-state index is 0.103. The Labute approximate surface area is 150 Å². The van der Waals surface area contributed by atoms with Gasteiger partial charge < -0.3 is 9.64 Å². The molecule has 0 N–H and O–H groups in total. The number of carbonyl (C=O) groups is 1. The van der Waals surface area contributed by atoms with Crippen LogP contribution in [0, 0.1) is 7.14 Å². The third-order valence-corrected chi connectivity index (χ3v) is 4.96. The number of carbonyl (C=O) groups excluding carboxylic acids is 1. The van der Waals surface area contributed by atoms with E-state index in [1.807, 2.05) is 18.2 Å². The average Bonchev–Trinajstić information content (AvgIpc) is 2.56. The quantitative estimate of drug-likeness (QED) is 0.346. The molecule has 4 nitrogen and oxygen atoms in total. The van der Waals surface area contributed by atoms with Crippen molar-refractivity contribution in [2.75, 3.05) is 21.2 Å². The molecule has 20 heavy (non-hydrogen) atoms. The van der Waals surface area contributed by atoms with Gasteiger partial charge in [-0.3, -0.25) is 9.69 Å². The summed E-state index contributed by atoms with van der Waals surface area (Å²) >= 11 is 9.67. The Hall–Kier alpha value is -0.420. The first-order valence-corrected chi connectivity index (χ1v) is 8.24. The zero-order valence-electron chi connectivity index (χ0n) is 11.1. The normalized spacial score (nSPS) is 17.4. The monoisotopic (exact) mass is 514 g/mol. The van der Waals surface area contributed by atoms with Crippen LogP contribution in [0.5, 0.6) is 5.75 Å². The zero-order chi connectivity index (χ0) is 15.0. The van der Waals surface area contributed by atoms with Crippen LogP contribution in [0.1, 0.15) is 5.56 Å². The molecule has 0 unspecified atom stereocenters. The van der Waals surface area contributed by atoms with Gasteiger partial charge in [0.1, 0.15) is 11.4 Å². The molecular weight excluding hydrogens is 502 g/mol. The number of halogens is 2. The van der Waals surface area contributed by atoms with Crippen LogP contribution in [0.4, 0.5) is 0 Å². The fourth-order valence-electron chi connectivity index (χ4n) is 1.94. The van der Waals surface area contributed by atoms with Crippen molar-refractivity contribution < 1.29 is 9.53 Å². The predicted octanol–water partition coefficient (Wildman–Crippen LogP) is 2.93. The highest BCUT2D eigenvalue weighted by Crippen LogP contribution is 2.31. The largest absolute Gasteiger partial charge is 0.495 e. The Morgan fingerprint density at radius 3 is 2.40 bits per heavy atom. The Kier molecular flexibility index (Phi) is 4.90. The molecule has 1 aromatic carbocycles. The van der Waals surface area contributed by atoms with E-state index in [-0.39, 0.29) is 5.91 Å². The van der Waals surface area contributed by atoms with Gasteiger partial charge in [0.25, 0.3) is 5.91 Å². The molecule has 0 bridgehead atoms. The van der Waals surface area contributed by atoms with Gasteiger partial charge in [0, 0.05) is 23.2 Å². The number of methoxy groups -OCH3 is 1. The van der Waals surface area contributed by atoms with Crippen LogP contribution in [0.2, 0.25) is 0 Å². The molecule has 0 aliphatic carbocycles. The number of ether oxygens (including phenoxy) is 1. The van der Waals surface area contributed by atoms with Gasteiger partial charge in [0.15, 0.2) is 5.11 Å². The summed E-state index contributed by atoms with van der Waals surface area (Å²) in [4.78, 5) is 15.4. The number of hydrogen-bond donors (Lipinski definition) is 0. The molecule has 1 aromatic rings. The second kappa shape index (κ2) is 6.14. The second-order valence-corrected chi connectivity index (χ2v) is 7.02. The zero-order valence-corrected chi connectivity index (χ0v) is 16.2. The minimum Gasteiger partial charge on any atom is -0.495 e. The predicted molar refractivity (Wildman–Crippen MR) is 99.5 cm³/mol. The van der Waals surface area contributed by atoms with Crippen LogP contribution in [0.15, 0.2) is 17.8 Å². The van der Waals surface area contributed by atoms with E-state index < -0.39 is 0 Å². The Morgan fingerprint density at radius 2 is 1.90 bits per heavy atom. The highest BCUT2D eigenvalue weighted by Gasteiger charge is 2.33. The lowest BCUT2D eigenvalue weighted by Gasteiger charge is -2.12. The topological polar surface area (TPSA) is 32.8 Å². The maximum Gasteiger partial charge on any atom is 0.276 e. The first-order valence-electron chi connectivity index (χ1n) is 5.67. The molecule has 1 heterocycles. The van der Waals surface area contributed by atoms with Crippen LogP contribution in [0.25, 0.3) is 6.08 Å². The van der Waals surface area contributed by atoms with Crippen molar-refractivity contribution in [2.45, 2.75) is 0 Å². The van der Waals surface area contributed by atoms with Gasteiger partial charge in [-0.05, 0) is 75.6 Å². The number of rotatable bonds is 2. The van der Waals surface area contributed by atoms with Crippen molar-refractivity contribution in [2.24, 2.45) is 0 Å². The van der Waals surface area contributed by atoms with Crippen molar-refractivity contribution in [1.29, 1.82) is 0 Å². The van der Waals surface area contributed by atoms with E-state index in [2.05, 4.69) is 45.2 Å². The van der Waals surface area contributed by atoms with E-state index in [0.29, 0.717) is 10.8 Å². The van der Waals surface area contributed by atoms with E-state index in [1.54, 1.807) is 26.1 Å². The van der Waals surface area contributed by atoms with E-state index in [1.165, 1.54) is 4.90 Å². The van der Waals surface area contributed by atoms with Crippen LogP contribution in [-0.2, 0) is 4.79 Å². The number of nitrogens with zero attached hydrogens (tertiary/aromatic N) is 2. The summed E-state index contributed by atoms with van der Waals surface area (Å²) in [5.41, 5.74) is 1.42. The summed E-state index contributed by atoms with van der Waals surface area (Å²) in [5, 5.41) is 0.501. The molecular formula is C13H12I2N2O2S. The molecule has 0 atom stereocenters. The standard InChI is InChI=1S/C13H12I2N2O2S/c1-16-10(12(18)17(2)13(16)20)5-7-4-8(14)6-9(15)11(7)19-3/h4-6H,1-3H3/b10-5-. The molecule has 1 aliphatic heterocycles. The minimum atomic E-state index is -0.103. The van der Waals surface area contributed by atoms with E-state index in [0.717, 1.165) is 18.5 Å². The lowest BCUT2D eigenvalue weighted by Crippen LogP contribution is -2.26. The van der Waals surface area contributed by atoms with Crippen LogP contribution in [0.3, 0.4) is 0 Å². The Morgan fingerprint density at radius 1 is 1.25 bits per heavy atom. The number of benzene rings is 1. The van der Waals surface area contributed by atoms with Crippen LogP contribution in [-0.4, -0.2) is 42.0 Å². The Bertz CT molecular complexity index is 631. The van der Waals surface area contributed by atoms with Gasteiger partial charge in [-0.2, -0.15) is 0 Å². The number of hydrogen-bond acceptors (Lipinski definition) is 3. The summed E-state index contributed by atoms with van der Waals surface area (Å²) in [6.45, 7) is 0. The van der Waals surface area contributed by atoms with Crippen LogP contribution >= 0.6 is 57.4 Å². The fourth-order valence-corrected chi connectivity index (χ4v) is 4.23. The first kappa shape index (κ1) is 16.0. The van der Waals surface area contributed by atoms with Crippen molar-refractivity contribution in [1.82, 2.24) is 9.80 Å². The van der Waals surface area contributed by atoms with Gasteiger partial charge in [-0.25, -0.2) is 0 Å². The van der Waals surface area contributed by atoms with Gasteiger partial charge >= 0.3 is 0 Å². The van der Waals surface area contributed by atoms with Crippen molar-refractivity contribution in [3.05, 3.63) is 30.5 Å². The van der Waals surface area contributed by atoms with E-state index in [9.17, 15) is 4.79 Å². The van der Waals surface area contributed by atoms with Gasteiger partial charge in [0.05, 0.1) is 10.7 Å². The lowest BCUT2D eigenvalue weighted by molar-refractivity contribution is -0.121. The molecule has 1 aliphatic rings. The Balaban J connectivity index is 2.56. The number of amides is 1. The summed E-state index contributed by atoms with van der Waals surface area (Å²) in [5.74, 6) is 0.661. The smallest absolute Gasteiger partial charge is 0.276 e. The second-order valence-electron chi connectivity index (χ2n) is 4.25.